The lowest BCUT2D eigenvalue weighted by molar-refractivity contribution is 0.424. The number of fused-ring (bicyclic) bond motifs is 1. The van der Waals surface area contributed by atoms with E-state index < -0.39 is 0 Å². The number of para-hydroxylation sites is 1. The standard InChI is InChI=1S/C18H21NOS/c1-13-6-3-7-14-12-17(20-18(13)14)16(19-2)10-4-8-15-9-5-11-21-15/h3,5-7,9,11-12,16,19H,4,8,10H2,1-2H3. The smallest absolute Gasteiger partial charge is 0.137 e. The van der Waals surface area contributed by atoms with Crippen molar-refractivity contribution in [2.24, 2.45) is 0 Å². The molecule has 0 aliphatic rings. The lowest BCUT2D eigenvalue weighted by Gasteiger charge is -2.12. The minimum Gasteiger partial charge on any atom is -0.459 e. The molecule has 0 amide bonds. The second-order valence-electron chi connectivity index (χ2n) is 5.45. The third-order valence-electron chi connectivity index (χ3n) is 3.95. The van der Waals surface area contributed by atoms with Crippen LogP contribution in [-0.2, 0) is 6.42 Å². The van der Waals surface area contributed by atoms with E-state index in [1.54, 1.807) is 0 Å². The monoisotopic (exact) mass is 299 g/mol. The van der Waals surface area contributed by atoms with E-state index in [4.69, 9.17) is 4.42 Å². The van der Waals surface area contributed by atoms with Crippen molar-refractivity contribution >= 4 is 22.3 Å². The molecule has 0 saturated heterocycles. The zero-order valence-electron chi connectivity index (χ0n) is 12.6. The number of rotatable bonds is 6. The Kier molecular flexibility index (Phi) is 4.42. The van der Waals surface area contributed by atoms with Gasteiger partial charge in [-0.3, -0.25) is 0 Å². The highest BCUT2D eigenvalue weighted by molar-refractivity contribution is 7.09. The lowest BCUT2D eigenvalue weighted by atomic mass is 10.1. The first-order chi connectivity index (χ1) is 10.3. The minimum absolute atomic E-state index is 0.289. The van der Waals surface area contributed by atoms with Crippen molar-refractivity contribution in [3.8, 4) is 0 Å². The molecule has 2 aromatic heterocycles. The molecular weight excluding hydrogens is 278 g/mol. The van der Waals surface area contributed by atoms with Gasteiger partial charge in [0.25, 0.3) is 0 Å². The van der Waals surface area contributed by atoms with Gasteiger partial charge in [0.1, 0.15) is 11.3 Å². The van der Waals surface area contributed by atoms with Crippen LogP contribution in [0.15, 0.2) is 46.2 Å². The van der Waals surface area contributed by atoms with Crippen LogP contribution in [0.1, 0.15) is 35.1 Å². The maximum atomic E-state index is 6.08. The SMILES string of the molecule is CNC(CCCc1cccs1)c1cc2cccc(C)c2o1. The second kappa shape index (κ2) is 6.46. The highest BCUT2D eigenvalue weighted by Gasteiger charge is 2.15. The summed E-state index contributed by atoms with van der Waals surface area (Å²) in [5.41, 5.74) is 2.22. The Morgan fingerprint density at radius 3 is 2.86 bits per heavy atom. The van der Waals surface area contributed by atoms with Gasteiger partial charge in [0.15, 0.2) is 0 Å². The van der Waals surface area contributed by atoms with E-state index in [9.17, 15) is 0 Å². The molecule has 3 rings (SSSR count). The fraction of sp³-hybridized carbons (Fsp3) is 0.333. The van der Waals surface area contributed by atoms with Gasteiger partial charge in [-0.15, -0.1) is 11.3 Å². The average Bonchev–Trinajstić information content (AvgIpc) is 3.13. The molecule has 3 heteroatoms. The molecule has 0 radical (unpaired) electrons. The van der Waals surface area contributed by atoms with Gasteiger partial charge in [-0.1, -0.05) is 24.3 Å². The Hall–Kier alpha value is -1.58. The van der Waals surface area contributed by atoms with Crippen LogP contribution in [-0.4, -0.2) is 7.05 Å². The molecular formula is C18H21NOS. The highest BCUT2D eigenvalue weighted by Crippen LogP contribution is 2.28. The molecule has 0 saturated carbocycles. The summed E-state index contributed by atoms with van der Waals surface area (Å²) in [7, 11) is 2.01. The minimum atomic E-state index is 0.289. The number of furan rings is 1. The summed E-state index contributed by atoms with van der Waals surface area (Å²) < 4.78 is 6.08. The van der Waals surface area contributed by atoms with Gasteiger partial charge >= 0.3 is 0 Å². The Balaban J connectivity index is 1.70. The van der Waals surface area contributed by atoms with Gasteiger partial charge in [0.05, 0.1) is 6.04 Å². The average molecular weight is 299 g/mol. The maximum absolute atomic E-state index is 6.08. The molecule has 21 heavy (non-hydrogen) atoms. The quantitative estimate of drug-likeness (QED) is 0.686. The van der Waals surface area contributed by atoms with Crippen molar-refractivity contribution < 1.29 is 4.42 Å². The maximum Gasteiger partial charge on any atom is 0.137 e. The van der Waals surface area contributed by atoms with Crippen LogP contribution >= 0.6 is 11.3 Å². The van der Waals surface area contributed by atoms with Crippen LogP contribution in [0.4, 0.5) is 0 Å². The Morgan fingerprint density at radius 1 is 1.24 bits per heavy atom. The molecule has 0 spiro atoms. The van der Waals surface area contributed by atoms with Crippen molar-refractivity contribution in [2.45, 2.75) is 32.2 Å². The zero-order valence-corrected chi connectivity index (χ0v) is 13.4. The summed E-state index contributed by atoms with van der Waals surface area (Å²) in [5, 5.41) is 6.73. The van der Waals surface area contributed by atoms with E-state index in [0.29, 0.717) is 0 Å². The summed E-state index contributed by atoms with van der Waals surface area (Å²) in [6, 6.07) is 13.1. The lowest BCUT2D eigenvalue weighted by Crippen LogP contribution is -2.15. The topological polar surface area (TPSA) is 25.2 Å². The Morgan fingerprint density at radius 2 is 2.14 bits per heavy atom. The number of aryl methyl sites for hydroxylation is 2. The molecule has 110 valence electrons. The number of benzene rings is 1. The zero-order chi connectivity index (χ0) is 14.7. The van der Waals surface area contributed by atoms with Gasteiger partial charge in [0.2, 0.25) is 0 Å². The largest absolute Gasteiger partial charge is 0.459 e. The van der Waals surface area contributed by atoms with E-state index in [-0.39, 0.29) is 6.04 Å². The van der Waals surface area contributed by atoms with Gasteiger partial charge in [-0.25, -0.2) is 0 Å². The van der Waals surface area contributed by atoms with Crippen molar-refractivity contribution in [2.75, 3.05) is 7.05 Å². The van der Waals surface area contributed by atoms with E-state index in [1.807, 2.05) is 18.4 Å². The highest BCUT2D eigenvalue weighted by atomic mass is 32.1. The Labute approximate surface area is 129 Å². The first-order valence-corrected chi connectivity index (χ1v) is 8.34. The van der Waals surface area contributed by atoms with E-state index in [1.165, 1.54) is 22.2 Å². The van der Waals surface area contributed by atoms with Crippen molar-refractivity contribution in [3.63, 3.8) is 0 Å². The molecule has 0 aliphatic heterocycles. The molecule has 0 aliphatic carbocycles. The first-order valence-electron chi connectivity index (χ1n) is 7.46. The van der Waals surface area contributed by atoms with Gasteiger partial charge < -0.3 is 9.73 Å². The van der Waals surface area contributed by atoms with Crippen molar-refractivity contribution in [3.05, 3.63) is 58.0 Å². The van der Waals surface area contributed by atoms with Crippen LogP contribution in [0.5, 0.6) is 0 Å². The van der Waals surface area contributed by atoms with Crippen LogP contribution in [0.3, 0.4) is 0 Å². The molecule has 2 nitrogen and oxygen atoms in total. The molecule has 0 fully saturated rings. The number of hydrogen-bond acceptors (Lipinski definition) is 3. The van der Waals surface area contributed by atoms with Gasteiger partial charge in [-0.2, -0.15) is 0 Å². The fourth-order valence-corrected chi connectivity index (χ4v) is 3.52. The second-order valence-corrected chi connectivity index (χ2v) is 6.49. The summed E-state index contributed by atoms with van der Waals surface area (Å²) in [6.45, 7) is 2.10. The van der Waals surface area contributed by atoms with E-state index >= 15 is 0 Å². The summed E-state index contributed by atoms with van der Waals surface area (Å²) >= 11 is 1.84. The number of hydrogen-bond donors (Lipinski definition) is 1. The molecule has 1 atom stereocenters. The van der Waals surface area contributed by atoms with E-state index in [0.717, 1.165) is 24.2 Å². The van der Waals surface area contributed by atoms with Crippen LogP contribution in [0.25, 0.3) is 11.0 Å². The molecule has 1 aromatic carbocycles. The van der Waals surface area contributed by atoms with Crippen molar-refractivity contribution in [1.29, 1.82) is 0 Å². The summed E-state index contributed by atoms with van der Waals surface area (Å²) in [4.78, 5) is 1.46. The predicted octanol–water partition coefficient (Wildman–Crippen LogP) is 5.09. The van der Waals surface area contributed by atoms with Crippen LogP contribution in [0.2, 0.25) is 0 Å². The fourth-order valence-electron chi connectivity index (χ4n) is 2.76. The normalized spacial score (nSPS) is 12.9. The molecule has 0 bridgehead atoms. The van der Waals surface area contributed by atoms with Crippen LogP contribution in [0, 0.1) is 6.92 Å². The molecule has 1 N–H and O–H groups in total. The van der Waals surface area contributed by atoms with E-state index in [2.05, 4.69) is 54.0 Å². The summed E-state index contributed by atoms with van der Waals surface area (Å²) in [5.74, 6) is 1.05. The third-order valence-corrected chi connectivity index (χ3v) is 4.88. The molecule has 1 unspecified atom stereocenters. The summed E-state index contributed by atoms with van der Waals surface area (Å²) in [6.07, 6.45) is 3.41. The van der Waals surface area contributed by atoms with Crippen LogP contribution < -0.4 is 5.32 Å². The predicted molar refractivity (Wildman–Crippen MR) is 90.0 cm³/mol. The number of thiophene rings is 1. The Bertz CT molecular complexity index is 699. The molecule has 2 heterocycles. The third kappa shape index (κ3) is 3.20. The van der Waals surface area contributed by atoms with Gasteiger partial charge in [0, 0.05) is 10.3 Å². The van der Waals surface area contributed by atoms with Crippen molar-refractivity contribution in [1.82, 2.24) is 5.32 Å². The van der Waals surface area contributed by atoms with Gasteiger partial charge in [-0.05, 0) is 56.3 Å². The molecule has 3 aromatic rings. The first kappa shape index (κ1) is 14.4. The number of nitrogens with one attached hydrogen (secondary N) is 1.